The Morgan fingerprint density at radius 3 is 0.952 bits per heavy atom. The van der Waals surface area contributed by atoms with Gasteiger partial charge in [-0.15, -0.1) is 0 Å². The molecule has 2 heteroatoms. The molecule has 0 aliphatic carbocycles. The Morgan fingerprint density at radius 2 is 0.667 bits per heavy atom. The Morgan fingerprint density at radius 1 is 0.381 bits per heavy atom. The van der Waals surface area contributed by atoms with E-state index in [0.29, 0.717) is 0 Å². The monoisotopic (exact) mass is 584 g/mol. The molecule has 1 heterocycles. The van der Waals surface area contributed by atoms with Crippen LogP contribution in [-0.2, 0) is 19.3 Å². The van der Waals surface area contributed by atoms with Gasteiger partial charge in [-0.05, 0) is 38.2 Å². The minimum absolute atomic E-state index is 0.973. The van der Waals surface area contributed by atoms with Crippen molar-refractivity contribution in [2.75, 3.05) is 0 Å². The van der Waals surface area contributed by atoms with Crippen LogP contribution in [0, 0.1) is 6.92 Å². The summed E-state index contributed by atoms with van der Waals surface area (Å²) in [5.41, 5.74) is 2.59. The summed E-state index contributed by atoms with van der Waals surface area (Å²) in [4.78, 5) is 9.90. The molecular weight excluding hydrogens is 508 g/mol. The zero-order valence-electron chi connectivity index (χ0n) is 29.0. The number of hydrogen-bond donors (Lipinski definition) is 0. The first-order valence-corrected chi connectivity index (χ1v) is 19.4. The lowest BCUT2D eigenvalue weighted by Gasteiger charge is -2.09. The molecule has 0 aliphatic heterocycles. The van der Waals surface area contributed by atoms with Gasteiger partial charge in [-0.25, -0.2) is 9.97 Å². The predicted octanol–water partition coefficient (Wildman–Crippen LogP) is 13.7. The van der Waals surface area contributed by atoms with Crippen LogP contribution in [0.3, 0.4) is 0 Å². The molecule has 0 spiro atoms. The van der Waals surface area contributed by atoms with E-state index in [9.17, 15) is 0 Å². The van der Waals surface area contributed by atoms with E-state index in [-0.39, 0.29) is 0 Å². The summed E-state index contributed by atoms with van der Waals surface area (Å²) in [7, 11) is 0. The minimum atomic E-state index is 0.973. The van der Waals surface area contributed by atoms with E-state index in [0.717, 1.165) is 37.9 Å². The van der Waals surface area contributed by atoms with Crippen molar-refractivity contribution in [1.29, 1.82) is 0 Å². The first-order valence-electron chi connectivity index (χ1n) is 19.4. The predicted molar refractivity (Wildman–Crippen MR) is 188 cm³/mol. The molecule has 1 aromatic heterocycles. The zero-order chi connectivity index (χ0) is 30.2. The van der Waals surface area contributed by atoms with Crippen LogP contribution in [0.25, 0.3) is 0 Å². The maximum atomic E-state index is 4.95. The average Bonchev–Trinajstić information content (AvgIpc) is 3.00. The summed E-state index contributed by atoms with van der Waals surface area (Å²) in [5.74, 6) is 1.07. The number of rotatable bonds is 33. The molecule has 0 amide bonds. The molecule has 0 N–H and O–H groups in total. The zero-order valence-corrected chi connectivity index (χ0v) is 29.0. The van der Waals surface area contributed by atoms with E-state index in [2.05, 4.69) is 26.8 Å². The van der Waals surface area contributed by atoms with Crippen molar-refractivity contribution < 1.29 is 0 Å². The van der Waals surface area contributed by atoms with Gasteiger partial charge in [-0.3, -0.25) is 0 Å². The van der Waals surface area contributed by atoms with Crippen LogP contribution in [0.15, 0.2) is 6.07 Å². The number of nitrogens with zero attached hydrogens (tertiary/aromatic N) is 2. The summed E-state index contributed by atoms with van der Waals surface area (Å²) in [6.07, 6.45) is 45.0. The molecule has 0 fully saturated rings. The SMILES string of the molecule is [CH2]CCCc1nc(CCCCCCCCCCCCCCCC)cc(CCCCCCCCCCCCCCCC)n1. The number of hydrogen-bond acceptors (Lipinski definition) is 2. The highest BCUT2D eigenvalue weighted by molar-refractivity contribution is 5.12. The van der Waals surface area contributed by atoms with Gasteiger partial charge in [0.15, 0.2) is 0 Å². The smallest absolute Gasteiger partial charge is 0.128 e. The molecule has 0 saturated heterocycles. The first kappa shape index (κ1) is 39.1. The molecule has 1 rings (SSSR count). The van der Waals surface area contributed by atoms with E-state index < -0.39 is 0 Å². The normalized spacial score (nSPS) is 11.5. The molecule has 0 aliphatic rings. The van der Waals surface area contributed by atoms with Crippen LogP contribution in [0.1, 0.15) is 224 Å². The molecule has 1 aromatic rings. The quantitative estimate of drug-likeness (QED) is 0.0769. The molecule has 0 unspecified atom stereocenters. The topological polar surface area (TPSA) is 25.8 Å². The van der Waals surface area contributed by atoms with E-state index >= 15 is 0 Å². The molecule has 0 aromatic carbocycles. The molecular formula is C40H75N2. The second-order valence-corrected chi connectivity index (χ2v) is 13.4. The highest BCUT2D eigenvalue weighted by Crippen LogP contribution is 2.17. The van der Waals surface area contributed by atoms with Crippen molar-refractivity contribution in [3.8, 4) is 0 Å². The van der Waals surface area contributed by atoms with Crippen molar-refractivity contribution in [3.63, 3.8) is 0 Å². The van der Waals surface area contributed by atoms with Gasteiger partial charge < -0.3 is 0 Å². The van der Waals surface area contributed by atoms with Crippen molar-refractivity contribution in [2.45, 2.75) is 226 Å². The largest absolute Gasteiger partial charge is 0.238 e. The van der Waals surface area contributed by atoms with Crippen LogP contribution in [0.4, 0.5) is 0 Å². The first-order chi connectivity index (χ1) is 20.8. The van der Waals surface area contributed by atoms with Gasteiger partial charge in [0.05, 0.1) is 0 Å². The highest BCUT2D eigenvalue weighted by atomic mass is 14.9. The van der Waals surface area contributed by atoms with Crippen molar-refractivity contribution in [2.24, 2.45) is 0 Å². The van der Waals surface area contributed by atoms with Crippen molar-refractivity contribution in [3.05, 3.63) is 30.2 Å². The number of aromatic nitrogens is 2. The number of unbranched alkanes of at least 4 members (excludes halogenated alkanes) is 27. The Hall–Kier alpha value is -0.920. The lowest BCUT2D eigenvalue weighted by molar-refractivity contribution is 0.534. The molecule has 0 atom stereocenters. The van der Waals surface area contributed by atoms with Crippen LogP contribution >= 0.6 is 0 Å². The van der Waals surface area contributed by atoms with E-state index in [1.165, 1.54) is 191 Å². The summed E-state index contributed by atoms with van der Waals surface area (Å²) in [6.45, 7) is 8.63. The Labute approximate surface area is 265 Å². The molecule has 245 valence electrons. The third-order valence-corrected chi connectivity index (χ3v) is 9.10. The second kappa shape index (κ2) is 31.5. The lowest BCUT2D eigenvalue weighted by Crippen LogP contribution is -2.04. The van der Waals surface area contributed by atoms with Gasteiger partial charge in [0.25, 0.3) is 0 Å². The van der Waals surface area contributed by atoms with E-state index in [1.54, 1.807) is 0 Å². The van der Waals surface area contributed by atoms with Crippen molar-refractivity contribution in [1.82, 2.24) is 9.97 Å². The maximum absolute atomic E-state index is 4.95. The fraction of sp³-hybridized carbons (Fsp3) is 0.875. The summed E-state index contributed by atoms with van der Waals surface area (Å²) < 4.78 is 0. The molecule has 2 nitrogen and oxygen atoms in total. The Balaban J connectivity index is 2.11. The van der Waals surface area contributed by atoms with Crippen LogP contribution in [-0.4, -0.2) is 9.97 Å². The van der Waals surface area contributed by atoms with Crippen LogP contribution in [0.2, 0.25) is 0 Å². The van der Waals surface area contributed by atoms with Gasteiger partial charge in [-0.2, -0.15) is 0 Å². The van der Waals surface area contributed by atoms with Gasteiger partial charge >= 0.3 is 0 Å². The summed E-state index contributed by atoms with van der Waals surface area (Å²) >= 11 is 0. The van der Waals surface area contributed by atoms with E-state index in [4.69, 9.17) is 9.97 Å². The summed E-state index contributed by atoms with van der Waals surface area (Å²) in [6, 6.07) is 2.33. The van der Waals surface area contributed by atoms with Crippen LogP contribution in [0.5, 0.6) is 0 Å². The number of aryl methyl sites for hydroxylation is 3. The van der Waals surface area contributed by atoms with Gasteiger partial charge in [-0.1, -0.05) is 194 Å². The molecule has 0 saturated carbocycles. The average molecular weight is 584 g/mol. The minimum Gasteiger partial charge on any atom is -0.238 e. The molecule has 0 bridgehead atoms. The molecule has 1 radical (unpaired) electrons. The standard InChI is InChI=1S/C40H75N2/c1-4-7-10-12-14-16-18-20-22-24-26-28-30-32-34-38-37-39(42-40(41-38)36-9-6-3)35-33-31-29-27-25-23-21-19-17-15-13-11-8-5-2/h37H,3-36H2,1-2H3. The highest BCUT2D eigenvalue weighted by Gasteiger charge is 2.06. The van der Waals surface area contributed by atoms with Gasteiger partial charge in [0.2, 0.25) is 0 Å². The van der Waals surface area contributed by atoms with E-state index in [1.807, 2.05) is 0 Å². The summed E-state index contributed by atoms with van der Waals surface area (Å²) in [5, 5.41) is 0. The second-order valence-electron chi connectivity index (χ2n) is 13.4. The van der Waals surface area contributed by atoms with Gasteiger partial charge in [0, 0.05) is 17.8 Å². The molecule has 42 heavy (non-hydrogen) atoms. The van der Waals surface area contributed by atoms with Crippen molar-refractivity contribution >= 4 is 0 Å². The Kier molecular flexibility index (Phi) is 29.3. The Bertz CT molecular complexity index is 619. The van der Waals surface area contributed by atoms with Crippen LogP contribution < -0.4 is 0 Å². The maximum Gasteiger partial charge on any atom is 0.128 e. The third kappa shape index (κ3) is 25.6. The lowest BCUT2D eigenvalue weighted by atomic mass is 10.0. The third-order valence-electron chi connectivity index (χ3n) is 9.10. The fourth-order valence-electron chi connectivity index (χ4n) is 6.27. The van der Waals surface area contributed by atoms with Gasteiger partial charge in [0.1, 0.15) is 5.82 Å². The fourth-order valence-corrected chi connectivity index (χ4v) is 6.27.